The predicted octanol–water partition coefficient (Wildman–Crippen LogP) is 3.09. The third-order valence-electron chi connectivity index (χ3n) is 2.34. The Kier molecular flexibility index (Phi) is 3.88. The second-order valence-corrected chi connectivity index (χ2v) is 5.72. The first-order valence-corrected chi connectivity index (χ1v) is 6.87. The molecule has 0 amide bonds. The van der Waals surface area contributed by atoms with Gasteiger partial charge in [0.25, 0.3) is 0 Å². The molecule has 84 valence electrons. The zero-order valence-corrected chi connectivity index (χ0v) is 12.0. The Balaban J connectivity index is 2.28. The van der Waals surface area contributed by atoms with Gasteiger partial charge in [-0.05, 0) is 48.7 Å². The molecule has 0 bridgehead atoms. The Morgan fingerprint density at radius 1 is 1.25 bits per heavy atom. The van der Waals surface area contributed by atoms with Crippen LogP contribution in [0, 0.1) is 3.57 Å². The summed E-state index contributed by atoms with van der Waals surface area (Å²) in [4.78, 5) is 0. The molecule has 0 radical (unpaired) electrons. The van der Waals surface area contributed by atoms with E-state index in [-0.39, 0.29) is 6.04 Å². The number of rotatable bonds is 3. The normalized spacial score (nSPS) is 12.7. The molecule has 0 saturated carbocycles. The van der Waals surface area contributed by atoms with Gasteiger partial charge in [0, 0.05) is 9.13 Å². The molecular formula is C11H12IN3S. The highest BCUT2D eigenvalue weighted by Gasteiger charge is 2.10. The lowest BCUT2D eigenvalue weighted by Crippen LogP contribution is -2.11. The van der Waals surface area contributed by atoms with E-state index in [0.29, 0.717) is 0 Å². The summed E-state index contributed by atoms with van der Waals surface area (Å²) in [6.07, 6.45) is 0. The molecular weight excluding hydrogens is 333 g/mol. The van der Waals surface area contributed by atoms with E-state index in [0.717, 1.165) is 15.6 Å². The van der Waals surface area contributed by atoms with Crippen molar-refractivity contribution < 1.29 is 0 Å². The van der Waals surface area contributed by atoms with Crippen molar-refractivity contribution in [2.75, 3.05) is 7.05 Å². The summed E-state index contributed by atoms with van der Waals surface area (Å²) < 4.78 is 1.23. The summed E-state index contributed by atoms with van der Waals surface area (Å²) in [5.74, 6) is 0. The minimum Gasteiger partial charge on any atom is -0.311 e. The maximum atomic E-state index is 4.21. The fourth-order valence-electron chi connectivity index (χ4n) is 1.24. The summed E-state index contributed by atoms with van der Waals surface area (Å²) >= 11 is 3.93. The Labute approximate surface area is 112 Å². The third kappa shape index (κ3) is 2.58. The molecule has 0 fully saturated rings. The van der Waals surface area contributed by atoms with Crippen molar-refractivity contribution in [1.29, 1.82) is 0 Å². The topological polar surface area (TPSA) is 37.8 Å². The van der Waals surface area contributed by atoms with Crippen molar-refractivity contribution >= 4 is 33.9 Å². The van der Waals surface area contributed by atoms with Gasteiger partial charge in [0.05, 0.1) is 6.04 Å². The van der Waals surface area contributed by atoms with Crippen LogP contribution >= 0.6 is 33.9 Å². The van der Waals surface area contributed by atoms with Crippen LogP contribution in [-0.4, -0.2) is 17.2 Å². The van der Waals surface area contributed by atoms with Crippen molar-refractivity contribution in [2.24, 2.45) is 0 Å². The van der Waals surface area contributed by atoms with Gasteiger partial charge < -0.3 is 5.32 Å². The minimum absolute atomic E-state index is 0.259. The monoisotopic (exact) mass is 345 g/mol. The Bertz CT molecular complexity index is 466. The first-order chi connectivity index (χ1) is 7.70. The number of hydrogen-bond acceptors (Lipinski definition) is 4. The lowest BCUT2D eigenvalue weighted by atomic mass is 10.2. The van der Waals surface area contributed by atoms with E-state index in [1.54, 1.807) is 11.3 Å². The number of nitrogens with one attached hydrogen (secondary N) is 1. The predicted molar refractivity (Wildman–Crippen MR) is 75.5 cm³/mol. The summed E-state index contributed by atoms with van der Waals surface area (Å²) in [5.41, 5.74) is 1.13. The van der Waals surface area contributed by atoms with Crippen LogP contribution in [0.4, 0.5) is 0 Å². The molecule has 1 atom stereocenters. The van der Waals surface area contributed by atoms with Crippen LogP contribution in [-0.2, 0) is 0 Å². The SMILES string of the molecule is CNC(C)c1nnc(-c2ccc(I)cc2)s1. The molecule has 0 aliphatic rings. The van der Waals surface area contributed by atoms with E-state index < -0.39 is 0 Å². The number of nitrogens with zero attached hydrogens (tertiary/aromatic N) is 2. The van der Waals surface area contributed by atoms with Gasteiger partial charge in [0.2, 0.25) is 0 Å². The molecule has 2 rings (SSSR count). The van der Waals surface area contributed by atoms with Crippen LogP contribution in [0.25, 0.3) is 10.6 Å². The summed E-state index contributed by atoms with van der Waals surface area (Å²) in [5, 5.41) is 13.6. The Morgan fingerprint density at radius 3 is 2.56 bits per heavy atom. The molecule has 16 heavy (non-hydrogen) atoms. The number of halogens is 1. The molecule has 3 nitrogen and oxygen atoms in total. The molecule has 1 aromatic heterocycles. The van der Waals surface area contributed by atoms with Crippen molar-refractivity contribution in [3.63, 3.8) is 0 Å². The molecule has 1 N–H and O–H groups in total. The lowest BCUT2D eigenvalue weighted by molar-refractivity contribution is 0.640. The summed E-state index contributed by atoms with van der Waals surface area (Å²) in [6, 6.07) is 8.58. The van der Waals surface area contributed by atoms with Gasteiger partial charge in [0.1, 0.15) is 10.0 Å². The molecule has 5 heteroatoms. The second-order valence-electron chi connectivity index (χ2n) is 3.46. The molecule has 0 aliphatic carbocycles. The molecule has 0 saturated heterocycles. The van der Waals surface area contributed by atoms with Gasteiger partial charge in [-0.1, -0.05) is 23.5 Å². The lowest BCUT2D eigenvalue weighted by Gasteiger charge is -2.02. The molecule has 1 heterocycles. The molecule has 2 aromatic rings. The standard InChI is InChI=1S/C11H12IN3S/c1-7(13-2)10-14-15-11(16-10)8-3-5-9(12)6-4-8/h3-7,13H,1-2H3. The fourth-order valence-corrected chi connectivity index (χ4v) is 2.51. The van der Waals surface area contributed by atoms with Crippen LogP contribution in [0.3, 0.4) is 0 Å². The maximum absolute atomic E-state index is 4.21. The maximum Gasteiger partial charge on any atom is 0.147 e. The van der Waals surface area contributed by atoms with Crippen molar-refractivity contribution in [2.45, 2.75) is 13.0 Å². The van der Waals surface area contributed by atoms with Gasteiger partial charge in [-0.15, -0.1) is 10.2 Å². The quantitative estimate of drug-likeness (QED) is 0.869. The second kappa shape index (κ2) is 5.20. The average molecular weight is 345 g/mol. The van der Waals surface area contributed by atoms with Gasteiger partial charge in [-0.3, -0.25) is 0 Å². The van der Waals surface area contributed by atoms with Gasteiger partial charge in [0.15, 0.2) is 0 Å². The van der Waals surface area contributed by atoms with E-state index in [9.17, 15) is 0 Å². The number of hydrogen-bond donors (Lipinski definition) is 1. The van der Waals surface area contributed by atoms with Gasteiger partial charge in [-0.25, -0.2) is 0 Å². The number of aromatic nitrogens is 2. The van der Waals surface area contributed by atoms with Crippen LogP contribution in [0.1, 0.15) is 18.0 Å². The van der Waals surface area contributed by atoms with Crippen LogP contribution in [0.15, 0.2) is 24.3 Å². The highest BCUT2D eigenvalue weighted by molar-refractivity contribution is 14.1. The zero-order valence-electron chi connectivity index (χ0n) is 9.07. The first kappa shape index (κ1) is 11.9. The van der Waals surface area contributed by atoms with E-state index in [2.05, 4.69) is 69.3 Å². The van der Waals surface area contributed by atoms with Crippen molar-refractivity contribution in [1.82, 2.24) is 15.5 Å². The van der Waals surface area contributed by atoms with Crippen molar-refractivity contribution in [3.05, 3.63) is 32.8 Å². The van der Waals surface area contributed by atoms with Crippen LogP contribution in [0.2, 0.25) is 0 Å². The minimum atomic E-state index is 0.259. The molecule has 0 aliphatic heterocycles. The average Bonchev–Trinajstić information content (AvgIpc) is 2.78. The van der Waals surface area contributed by atoms with Crippen LogP contribution < -0.4 is 5.32 Å². The van der Waals surface area contributed by atoms with E-state index in [1.807, 2.05) is 7.05 Å². The molecule has 0 spiro atoms. The zero-order chi connectivity index (χ0) is 11.5. The molecule has 1 aromatic carbocycles. The van der Waals surface area contributed by atoms with E-state index in [1.165, 1.54) is 3.57 Å². The third-order valence-corrected chi connectivity index (χ3v) is 4.21. The van der Waals surface area contributed by atoms with E-state index in [4.69, 9.17) is 0 Å². The van der Waals surface area contributed by atoms with Gasteiger partial charge in [-0.2, -0.15) is 0 Å². The highest BCUT2D eigenvalue weighted by atomic mass is 127. The first-order valence-electron chi connectivity index (χ1n) is 4.97. The smallest absolute Gasteiger partial charge is 0.147 e. The Morgan fingerprint density at radius 2 is 1.94 bits per heavy atom. The highest BCUT2D eigenvalue weighted by Crippen LogP contribution is 2.26. The number of benzene rings is 1. The van der Waals surface area contributed by atoms with Crippen molar-refractivity contribution in [3.8, 4) is 10.6 Å². The summed E-state index contributed by atoms with van der Waals surface area (Å²) in [6.45, 7) is 2.08. The Hall–Kier alpha value is -0.530. The van der Waals surface area contributed by atoms with Gasteiger partial charge >= 0.3 is 0 Å². The fraction of sp³-hybridized carbons (Fsp3) is 0.273. The van der Waals surface area contributed by atoms with Crippen LogP contribution in [0.5, 0.6) is 0 Å². The van der Waals surface area contributed by atoms with E-state index >= 15 is 0 Å². The summed E-state index contributed by atoms with van der Waals surface area (Å²) in [7, 11) is 1.93. The largest absolute Gasteiger partial charge is 0.311 e. The molecule has 1 unspecified atom stereocenters.